The lowest BCUT2D eigenvalue weighted by Gasteiger charge is -2.15. The van der Waals surface area contributed by atoms with E-state index in [2.05, 4.69) is 15.0 Å². The van der Waals surface area contributed by atoms with Gasteiger partial charge in [-0.1, -0.05) is 11.6 Å². The van der Waals surface area contributed by atoms with Crippen LogP contribution in [-0.2, 0) is 6.42 Å². The Morgan fingerprint density at radius 3 is 2.76 bits per heavy atom. The highest BCUT2D eigenvalue weighted by atomic mass is 35.5. The first-order chi connectivity index (χ1) is 9.87. The smallest absolute Gasteiger partial charge is 0.422 e. The van der Waals surface area contributed by atoms with Gasteiger partial charge in [-0.2, -0.15) is 18.2 Å². The summed E-state index contributed by atoms with van der Waals surface area (Å²) in [5.41, 5.74) is 0.772. The van der Waals surface area contributed by atoms with Crippen LogP contribution in [0.3, 0.4) is 0 Å². The van der Waals surface area contributed by atoms with E-state index >= 15 is 0 Å². The third-order valence-electron chi connectivity index (χ3n) is 2.87. The van der Waals surface area contributed by atoms with E-state index in [-0.39, 0.29) is 17.8 Å². The minimum atomic E-state index is -4.40. The van der Waals surface area contributed by atoms with Gasteiger partial charge in [0.05, 0.1) is 7.11 Å². The summed E-state index contributed by atoms with van der Waals surface area (Å²) >= 11 is 5.88. The van der Waals surface area contributed by atoms with Gasteiger partial charge in [-0.25, -0.2) is 0 Å². The SMILES string of the molecule is COc1nc(OCC(F)(F)F)ccc1CC1CC(Cl)=CN1. The molecule has 0 spiro atoms. The molecule has 0 aromatic carbocycles. The molecule has 1 unspecified atom stereocenters. The molecule has 1 aromatic rings. The van der Waals surface area contributed by atoms with Crippen molar-refractivity contribution in [3.8, 4) is 11.8 Å². The molecule has 2 heterocycles. The van der Waals surface area contributed by atoms with Gasteiger partial charge in [-0.15, -0.1) is 0 Å². The van der Waals surface area contributed by atoms with E-state index in [4.69, 9.17) is 16.3 Å². The number of pyridine rings is 1. The standard InChI is InChI=1S/C13H14ClF3N2O2/c1-20-12-8(4-10-5-9(14)6-18-10)2-3-11(19-12)21-7-13(15,16)17/h2-3,6,10,18H,4-5,7H2,1H3. The van der Waals surface area contributed by atoms with E-state index in [0.717, 1.165) is 10.6 Å². The first-order valence-corrected chi connectivity index (χ1v) is 6.59. The van der Waals surface area contributed by atoms with Gasteiger partial charge in [0, 0.05) is 35.3 Å². The molecule has 0 radical (unpaired) electrons. The lowest BCUT2D eigenvalue weighted by Crippen LogP contribution is -2.22. The maximum absolute atomic E-state index is 12.1. The highest BCUT2D eigenvalue weighted by Crippen LogP contribution is 2.26. The van der Waals surface area contributed by atoms with Gasteiger partial charge in [0.2, 0.25) is 11.8 Å². The normalized spacial score (nSPS) is 18.1. The first-order valence-electron chi connectivity index (χ1n) is 6.21. The number of hydrogen-bond acceptors (Lipinski definition) is 4. The largest absolute Gasteiger partial charge is 0.481 e. The number of hydrogen-bond donors (Lipinski definition) is 1. The van der Waals surface area contributed by atoms with Crippen molar-refractivity contribution >= 4 is 11.6 Å². The third-order valence-corrected chi connectivity index (χ3v) is 3.14. The molecule has 1 aliphatic rings. The molecule has 0 fully saturated rings. The Balaban J connectivity index is 2.02. The molecule has 21 heavy (non-hydrogen) atoms. The molecule has 4 nitrogen and oxygen atoms in total. The van der Waals surface area contributed by atoms with Crippen LogP contribution < -0.4 is 14.8 Å². The molecule has 1 atom stereocenters. The van der Waals surface area contributed by atoms with Crippen LogP contribution in [0.1, 0.15) is 12.0 Å². The summed E-state index contributed by atoms with van der Waals surface area (Å²) in [6, 6.07) is 3.16. The van der Waals surface area contributed by atoms with Gasteiger partial charge < -0.3 is 14.8 Å². The fourth-order valence-electron chi connectivity index (χ4n) is 1.98. The second-order valence-electron chi connectivity index (χ2n) is 4.58. The Morgan fingerprint density at radius 1 is 1.43 bits per heavy atom. The van der Waals surface area contributed by atoms with Crippen LogP contribution in [0, 0.1) is 0 Å². The van der Waals surface area contributed by atoms with Gasteiger partial charge in [-0.3, -0.25) is 0 Å². The lowest BCUT2D eigenvalue weighted by molar-refractivity contribution is -0.154. The third kappa shape index (κ3) is 4.70. The summed E-state index contributed by atoms with van der Waals surface area (Å²) in [5, 5.41) is 3.84. The van der Waals surface area contributed by atoms with Crippen molar-refractivity contribution in [2.24, 2.45) is 0 Å². The van der Waals surface area contributed by atoms with Crippen LogP contribution in [0.2, 0.25) is 0 Å². The van der Waals surface area contributed by atoms with E-state index in [1.165, 1.54) is 13.2 Å². The van der Waals surface area contributed by atoms with Crippen molar-refractivity contribution in [2.75, 3.05) is 13.7 Å². The number of aromatic nitrogens is 1. The van der Waals surface area contributed by atoms with Gasteiger partial charge in [0.25, 0.3) is 0 Å². The lowest BCUT2D eigenvalue weighted by atomic mass is 10.1. The summed E-state index contributed by atoms with van der Waals surface area (Å²) in [7, 11) is 1.41. The number of halogens is 4. The Morgan fingerprint density at radius 2 is 2.19 bits per heavy atom. The average Bonchev–Trinajstić information content (AvgIpc) is 2.82. The number of rotatable bonds is 5. The Bertz CT molecular complexity index is 535. The summed E-state index contributed by atoms with van der Waals surface area (Å²) < 4.78 is 46.0. The highest BCUT2D eigenvalue weighted by molar-refractivity contribution is 6.29. The van der Waals surface area contributed by atoms with E-state index in [0.29, 0.717) is 12.8 Å². The van der Waals surface area contributed by atoms with E-state index < -0.39 is 12.8 Å². The number of alkyl halides is 3. The van der Waals surface area contributed by atoms with Gasteiger partial charge >= 0.3 is 6.18 Å². The van der Waals surface area contributed by atoms with Crippen molar-refractivity contribution < 1.29 is 22.6 Å². The molecule has 2 rings (SSSR count). The molecule has 0 saturated heterocycles. The monoisotopic (exact) mass is 322 g/mol. The van der Waals surface area contributed by atoms with Gasteiger partial charge in [0.1, 0.15) is 0 Å². The topological polar surface area (TPSA) is 43.4 Å². The number of methoxy groups -OCH3 is 1. The predicted octanol–water partition coefficient (Wildman–Crippen LogP) is 3.02. The Kier molecular flexibility index (Phi) is 4.82. The Hall–Kier alpha value is -1.63. The van der Waals surface area contributed by atoms with Crippen molar-refractivity contribution in [1.29, 1.82) is 0 Å². The molecular weight excluding hydrogens is 309 g/mol. The second kappa shape index (κ2) is 6.43. The van der Waals surface area contributed by atoms with Crippen molar-refractivity contribution in [3.05, 3.63) is 28.9 Å². The van der Waals surface area contributed by atoms with Crippen LogP contribution in [0.15, 0.2) is 23.4 Å². The molecular formula is C13H14ClF3N2O2. The fraction of sp³-hybridized carbons (Fsp3) is 0.462. The molecule has 1 aliphatic heterocycles. The maximum Gasteiger partial charge on any atom is 0.422 e. The van der Waals surface area contributed by atoms with Gasteiger partial charge in [0.15, 0.2) is 6.61 Å². The summed E-state index contributed by atoms with van der Waals surface area (Å²) in [6.45, 7) is -1.38. The zero-order valence-electron chi connectivity index (χ0n) is 11.2. The molecule has 0 saturated carbocycles. The average molecular weight is 323 g/mol. The minimum Gasteiger partial charge on any atom is -0.481 e. The van der Waals surface area contributed by atoms with Crippen LogP contribution in [0.4, 0.5) is 13.2 Å². The Labute approximate surface area is 124 Å². The zero-order chi connectivity index (χ0) is 15.5. The van der Waals surface area contributed by atoms with E-state index in [1.54, 1.807) is 12.3 Å². The first kappa shape index (κ1) is 15.8. The molecule has 1 N–H and O–H groups in total. The van der Waals surface area contributed by atoms with E-state index in [1.807, 2.05) is 0 Å². The van der Waals surface area contributed by atoms with Crippen molar-refractivity contribution in [1.82, 2.24) is 10.3 Å². The van der Waals surface area contributed by atoms with Crippen LogP contribution in [0.25, 0.3) is 0 Å². The summed E-state index contributed by atoms with van der Waals surface area (Å²) in [4.78, 5) is 3.93. The maximum atomic E-state index is 12.1. The predicted molar refractivity (Wildman–Crippen MR) is 71.5 cm³/mol. The van der Waals surface area contributed by atoms with Crippen molar-refractivity contribution in [2.45, 2.75) is 25.1 Å². The number of nitrogens with zero attached hydrogens (tertiary/aromatic N) is 1. The van der Waals surface area contributed by atoms with Crippen molar-refractivity contribution in [3.63, 3.8) is 0 Å². The van der Waals surface area contributed by atoms with Crippen LogP contribution >= 0.6 is 11.6 Å². The number of nitrogens with one attached hydrogen (secondary N) is 1. The quantitative estimate of drug-likeness (QED) is 0.905. The van der Waals surface area contributed by atoms with Crippen LogP contribution in [0.5, 0.6) is 11.8 Å². The van der Waals surface area contributed by atoms with Crippen LogP contribution in [-0.4, -0.2) is 30.9 Å². The molecule has 0 aliphatic carbocycles. The van der Waals surface area contributed by atoms with Gasteiger partial charge in [-0.05, 0) is 12.5 Å². The van der Waals surface area contributed by atoms with E-state index in [9.17, 15) is 13.2 Å². The summed E-state index contributed by atoms with van der Waals surface area (Å²) in [5.74, 6) is 0.128. The fourth-order valence-corrected chi connectivity index (χ4v) is 2.23. The molecule has 0 amide bonds. The molecule has 8 heteroatoms. The molecule has 0 bridgehead atoms. The zero-order valence-corrected chi connectivity index (χ0v) is 12.0. The highest BCUT2D eigenvalue weighted by Gasteiger charge is 2.29. The molecule has 116 valence electrons. The summed E-state index contributed by atoms with van der Waals surface area (Å²) in [6.07, 6.45) is -1.38. The number of ether oxygens (including phenoxy) is 2. The minimum absolute atomic E-state index is 0.121. The second-order valence-corrected chi connectivity index (χ2v) is 5.07. The molecule has 1 aromatic heterocycles.